The van der Waals surface area contributed by atoms with Crippen molar-refractivity contribution in [2.24, 2.45) is 0 Å². The Labute approximate surface area is 215 Å². The van der Waals surface area contributed by atoms with Gasteiger partial charge in [0.25, 0.3) is 5.92 Å². The minimum atomic E-state index is -3.03. The molecule has 4 nitrogen and oxygen atoms in total. The zero-order chi connectivity index (χ0) is 26.2. The van der Waals surface area contributed by atoms with Crippen LogP contribution in [0.15, 0.2) is 36.4 Å². The molecule has 0 spiro atoms. The average Bonchev–Trinajstić information content (AvgIpc) is 2.99. The molecule has 37 heavy (non-hydrogen) atoms. The summed E-state index contributed by atoms with van der Waals surface area (Å²) >= 11 is 0. The number of rotatable bonds is 7. The highest BCUT2D eigenvalue weighted by molar-refractivity contribution is 5.85. The van der Waals surface area contributed by atoms with E-state index < -0.39 is 30.1 Å². The molecule has 1 aromatic heterocycles. The van der Waals surface area contributed by atoms with Gasteiger partial charge in [-0.25, -0.2) is 17.6 Å². The van der Waals surface area contributed by atoms with Crippen LogP contribution >= 0.6 is 0 Å². The minimum absolute atomic E-state index is 0.113. The van der Waals surface area contributed by atoms with Crippen molar-refractivity contribution in [1.82, 2.24) is 14.8 Å². The lowest BCUT2D eigenvalue weighted by Gasteiger charge is -2.42. The van der Waals surface area contributed by atoms with Crippen molar-refractivity contribution in [1.29, 1.82) is 0 Å². The van der Waals surface area contributed by atoms with Crippen LogP contribution in [0, 0.1) is 11.6 Å². The lowest BCUT2D eigenvalue weighted by Crippen LogP contribution is -2.47. The number of fused-ring (bicyclic) bond motifs is 3. The van der Waals surface area contributed by atoms with Crippen molar-refractivity contribution in [3.63, 3.8) is 0 Å². The van der Waals surface area contributed by atoms with Gasteiger partial charge in [-0.05, 0) is 50.9 Å². The molecule has 1 saturated heterocycles. The smallest absolute Gasteiger partial charge is 0.257 e. The molecule has 0 amide bonds. The van der Waals surface area contributed by atoms with Crippen LogP contribution in [0.3, 0.4) is 0 Å². The fourth-order valence-corrected chi connectivity index (χ4v) is 5.94. The number of aromatic nitrogens is 1. The van der Waals surface area contributed by atoms with Crippen LogP contribution in [0.4, 0.5) is 17.6 Å². The third kappa shape index (κ3) is 5.65. The van der Waals surface area contributed by atoms with Gasteiger partial charge in [-0.2, -0.15) is 0 Å². The topological polar surface area (TPSA) is 31.5 Å². The van der Waals surface area contributed by atoms with Crippen LogP contribution in [0.1, 0.15) is 62.4 Å². The molecule has 2 aliphatic heterocycles. The Morgan fingerprint density at radius 1 is 1.03 bits per heavy atom. The van der Waals surface area contributed by atoms with Gasteiger partial charge in [0, 0.05) is 53.8 Å². The first-order valence-electron chi connectivity index (χ1n) is 13.3. The van der Waals surface area contributed by atoms with E-state index >= 15 is 8.78 Å². The summed E-state index contributed by atoms with van der Waals surface area (Å²) < 4.78 is 65.6. The van der Waals surface area contributed by atoms with Gasteiger partial charge in [-0.3, -0.25) is 9.80 Å². The Morgan fingerprint density at radius 3 is 2.38 bits per heavy atom. The molecule has 1 fully saturated rings. The zero-order valence-electron chi connectivity index (χ0n) is 21.5. The van der Waals surface area contributed by atoms with Crippen LogP contribution in [0.25, 0.3) is 10.9 Å². The largest absolute Gasteiger partial charge is 0.492 e. The maximum atomic E-state index is 15.7. The SMILES string of the molecule is C[C@@H]1Cc2c([nH]c3ccccc23)[C@@H](c2c(F)cc(OCCN3CCCCCC3)cc2F)N1CC(C)(F)F. The average molecular weight is 518 g/mol. The maximum Gasteiger partial charge on any atom is 0.257 e. The molecule has 0 unspecified atom stereocenters. The van der Waals surface area contributed by atoms with Crippen molar-refractivity contribution in [2.75, 3.05) is 32.8 Å². The highest BCUT2D eigenvalue weighted by atomic mass is 19.3. The van der Waals surface area contributed by atoms with E-state index in [9.17, 15) is 8.78 Å². The Hall–Kier alpha value is -2.58. The number of alkyl halides is 2. The summed E-state index contributed by atoms with van der Waals surface area (Å²) in [6.45, 7) is 5.11. The van der Waals surface area contributed by atoms with E-state index in [1.165, 1.54) is 29.9 Å². The Bertz CT molecular complexity index is 1210. The number of aromatic amines is 1. The van der Waals surface area contributed by atoms with Crippen molar-refractivity contribution in [2.45, 2.75) is 64.0 Å². The van der Waals surface area contributed by atoms with Gasteiger partial charge in [0.15, 0.2) is 0 Å². The molecule has 5 rings (SSSR count). The molecule has 0 bridgehead atoms. The first-order chi connectivity index (χ1) is 17.7. The molecule has 2 aliphatic rings. The van der Waals surface area contributed by atoms with E-state index in [1.54, 1.807) is 0 Å². The number of likely N-dealkylation sites (tertiary alicyclic amines) is 1. The monoisotopic (exact) mass is 517 g/mol. The molecule has 2 aromatic carbocycles. The van der Waals surface area contributed by atoms with E-state index in [4.69, 9.17) is 4.74 Å². The predicted molar refractivity (Wildman–Crippen MR) is 137 cm³/mol. The first-order valence-corrected chi connectivity index (χ1v) is 13.3. The van der Waals surface area contributed by atoms with Crippen LogP contribution in [-0.4, -0.2) is 59.5 Å². The summed E-state index contributed by atoms with van der Waals surface area (Å²) in [7, 11) is 0. The summed E-state index contributed by atoms with van der Waals surface area (Å²) in [5, 5.41) is 0.951. The molecular formula is C29H35F4N3O. The highest BCUT2D eigenvalue weighted by Gasteiger charge is 2.42. The number of hydrogen-bond donors (Lipinski definition) is 1. The number of nitrogens with zero attached hydrogens (tertiary/aromatic N) is 2. The summed E-state index contributed by atoms with van der Waals surface area (Å²) in [5.74, 6) is -4.50. The third-order valence-electron chi connectivity index (χ3n) is 7.68. The summed E-state index contributed by atoms with van der Waals surface area (Å²) in [6, 6.07) is 8.64. The Balaban J connectivity index is 1.46. The molecule has 1 N–H and O–H groups in total. The second kappa shape index (κ2) is 10.7. The predicted octanol–water partition coefficient (Wildman–Crippen LogP) is 6.69. The molecule has 0 radical (unpaired) electrons. The number of para-hydroxylation sites is 1. The van der Waals surface area contributed by atoms with Gasteiger partial charge in [0.2, 0.25) is 0 Å². The second-order valence-electron chi connectivity index (χ2n) is 10.7. The van der Waals surface area contributed by atoms with E-state index in [-0.39, 0.29) is 17.4 Å². The second-order valence-corrected chi connectivity index (χ2v) is 10.7. The van der Waals surface area contributed by atoms with Gasteiger partial charge >= 0.3 is 0 Å². The standard InChI is InChI=1S/C29H35F4N3O/c1-19-15-22-21-9-5-6-10-25(21)34-27(22)28(36(19)18-29(2,32)33)26-23(30)16-20(17-24(26)31)37-14-13-35-11-7-3-4-8-12-35/h5-6,9-10,16-17,19,28,34H,3-4,7-8,11-15,18H2,1-2H3/t19-,28-/m1/s1. The third-order valence-corrected chi connectivity index (χ3v) is 7.68. The van der Waals surface area contributed by atoms with Crippen LogP contribution in [0.2, 0.25) is 0 Å². The van der Waals surface area contributed by atoms with E-state index in [2.05, 4.69) is 9.88 Å². The molecule has 8 heteroatoms. The highest BCUT2D eigenvalue weighted by Crippen LogP contribution is 2.43. The summed E-state index contributed by atoms with van der Waals surface area (Å²) in [5.41, 5.74) is 2.07. The van der Waals surface area contributed by atoms with E-state index in [0.29, 0.717) is 25.3 Å². The number of nitrogens with one attached hydrogen (secondary N) is 1. The van der Waals surface area contributed by atoms with Gasteiger partial charge in [0.1, 0.15) is 24.0 Å². The van der Waals surface area contributed by atoms with Crippen molar-refractivity contribution >= 4 is 10.9 Å². The van der Waals surface area contributed by atoms with Crippen molar-refractivity contribution < 1.29 is 22.3 Å². The lowest BCUT2D eigenvalue weighted by molar-refractivity contribution is -0.0374. The first kappa shape index (κ1) is 26.0. The van der Waals surface area contributed by atoms with Crippen LogP contribution in [0.5, 0.6) is 5.75 Å². The normalized spacial score (nSPS) is 21.7. The van der Waals surface area contributed by atoms with Gasteiger partial charge in [0.05, 0.1) is 12.6 Å². The number of ether oxygens (including phenoxy) is 1. The van der Waals surface area contributed by atoms with Crippen molar-refractivity contribution in [3.05, 3.63) is 64.9 Å². The Kier molecular flexibility index (Phi) is 7.50. The lowest BCUT2D eigenvalue weighted by atomic mass is 9.87. The quantitative estimate of drug-likeness (QED) is 0.354. The minimum Gasteiger partial charge on any atom is -0.492 e. The zero-order valence-corrected chi connectivity index (χ0v) is 21.5. The van der Waals surface area contributed by atoms with Crippen LogP contribution < -0.4 is 4.74 Å². The summed E-state index contributed by atoms with van der Waals surface area (Å²) in [6.07, 6.45) is 5.27. The van der Waals surface area contributed by atoms with E-state index in [0.717, 1.165) is 49.3 Å². The number of benzene rings is 2. The Morgan fingerprint density at radius 2 is 1.70 bits per heavy atom. The van der Waals surface area contributed by atoms with Crippen LogP contribution in [-0.2, 0) is 6.42 Å². The van der Waals surface area contributed by atoms with Gasteiger partial charge in [-0.15, -0.1) is 0 Å². The van der Waals surface area contributed by atoms with Crippen molar-refractivity contribution in [3.8, 4) is 5.75 Å². The fourth-order valence-electron chi connectivity index (χ4n) is 5.94. The van der Waals surface area contributed by atoms with Gasteiger partial charge < -0.3 is 9.72 Å². The van der Waals surface area contributed by atoms with E-state index in [1.807, 2.05) is 31.2 Å². The maximum absolute atomic E-state index is 15.7. The molecule has 0 saturated carbocycles. The molecule has 0 aliphatic carbocycles. The molecule has 3 aromatic rings. The number of hydrogen-bond acceptors (Lipinski definition) is 3. The number of halogens is 4. The van der Waals surface area contributed by atoms with Gasteiger partial charge in [-0.1, -0.05) is 31.0 Å². The number of H-pyrrole nitrogens is 1. The molecule has 200 valence electrons. The molecule has 2 atom stereocenters. The molecular weight excluding hydrogens is 482 g/mol. The fraction of sp³-hybridized carbons (Fsp3) is 0.517. The summed E-state index contributed by atoms with van der Waals surface area (Å²) in [4.78, 5) is 7.12. The molecule has 3 heterocycles.